The van der Waals surface area contributed by atoms with Crippen molar-refractivity contribution in [2.24, 2.45) is 0 Å². The summed E-state index contributed by atoms with van der Waals surface area (Å²) >= 11 is 6.72. The van der Waals surface area contributed by atoms with Crippen LogP contribution in [0, 0.1) is 0 Å². The summed E-state index contributed by atoms with van der Waals surface area (Å²) in [5.41, 5.74) is 0.111. The molecule has 2 aromatic rings. The number of ketones is 1. The second-order valence-corrected chi connectivity index (χ2v) is 4.26. The van der Waals surface area contributed by atoms with Gasteiger partial charge in [-0.05, 0) is 6.07 Å². The second kappa shape index (κ2) is 4.60. The van der Waals surface area contributed by atoms with Crippen LogP contribution in [0.1, 0.15) is 25.9 Å². The summed E-state index contributed by atoms with van der Waals surface area (Å²) in [6.07, 6.45) is 2.86. The van der Waals surface area contributed by atoms with Gasteiger partial charge in [-0.15, -0.1) is 11.3 Å². The highest BCUT2D eigenvalue weighted by molar-refractivity contribution is 7.13. The molecule has 0 aliphatic rings. The molecule has 5 nitrogen and oxygen atoms in total. The summed E-state index contributed by atoms with van der Waals surface area (Å²) < 4.78 is 0. The van der Waals surface area contributed by atoms with Crippen LogP contribution in [-0.4, -0.2) is 26.8 Å². The maximum absolute atomic E-state index is 11.9. The van der Waals surface area contributed by atoms with Gasteiger partial charge in [-0.25, -0.2) is 14.8 Å². The Bertz CT molecular complexity index is 582. The zero-order chi connectivity index (χ0) is 12.4. The Balaban J connectivity index is 2.42. The topological polar surface area (TPSA) is 80.2 Å². The Kier molecular flexibility index (Phi) is 3.16. The summed E-state index contributed by atoms with van der Waals surface area (Å²) in [6, 6.07) is 1.58. The van der Waals surface area contributed by atoms with Crippen molar-refractivity contribution >= 4 is 34.7 Å². The Hall–Kier alpha value is -1.79. The molecule has 0 aliphatic carbocycles. The maximum atomic E-state index is 11.9. The molecule has 0 fully saturated rings. The third-order valence-electron chi connectivity index (χ3n) is 1.94. The van der Waals surface area contributed by atoms with Crippen LogP contribution >= 0.6 is 22.9 Å². The van der Waals surface area contributed by atoms with Crippen LogP contribution < -0.4 is 0 Å². The molecule has 1 N–H and O–H groups in total. The van der Waals surface area contributed by atoms with Crippen molar-refractivity contribution < 1.29 is 14.7 Å². The number of carboxylic acid groups (broad SMARTS) is 1. The summed E-state index contributed by atoms with van der Waals surface area (Å²) in [7, 11) is 0. The van der Waals surface area contributed by atoms with Crippen molar-refractivity contribution in [2.45, 2.75) is 0 Å². The molecule has 86 valence electrons. The molecular formula is C10H5ClN2O3S. The molecule has 2 heterocycles. The van der Waals surface area contributed by atoms with Crippen LogP contribution in [0.5, 0.6) is 0 Å². The van der Waals surface area contributed by atoms with E-state index in [1.54, 1.807) is 6.07 Å². The Morgan fingerprint density at radius 2 is 1.94 bits per heavy atom. The first kappa shape index (κ1) is 11.7. The van der Waals surface area contributed by atoms with Crippen LogP contribution in [0.25, 0.3) is 0 Å². The van der Waals surface area contributed by atoms with Gasteiger partial charge in [0.05, 0.1) is 10.6 Å². The number of aromatic nitrogens is 2. The first-order valence-corrected chi connectivity index (χ1v) is 5.69. The standard InChI is InChI=1S/C10H5ClN2O3S/c11-6-5(4-17-8(6)10(15)16)7(14)9-12-2-1-3-13-9/h1-4H,(H,15,16). The largest absolute Gasteiger partial charge is 0.477 e. The van der Waals surface area contributed by atoms with Crippen molar-refractivity contribution in [3.05, 3.63) is 45.1 Å². The van der Waals surface area contributed by atoms with Gasteiger partial charge in [-0.2, -0.15) is 0 Å². The first-order chi connectivity index (χ1) is 8.11. The fraction of sp³-hybridized carbons (Fsp3) is 0. The van der Waals surface area contributed by atoms with Gasteiger partial charge in [0.15, 0.2) is 0 Å². The van der Waals surface area contributed by atoms with E-state index in [9.17, 15) is 9.59 Å². The van der Waals surface area contributed by atoms with E-state index in [2.05, 4.69) is 9.97 Å². The van der Waals surface area contributed by atoms with Crippen molar-refractivity contribution in [3.63, 3.8) is 0 Å². The lowest BCUT2D eigenvalue weighted by Gasteiger charge is -1.96. The third kappa shape index (κ3) is 2.17. The number of carbonyl (C=O) groups excluding carboxylic acids is 1. The van der Waals surface area contributed by atoms with E-state index in [1.165, 1.54) is 17.8 Å². The molecule has 0 unspecified atom stereocenters. The van der Waals surface area contributed by atoms with Gasteiger partial charge in [0, 0.05) is 17.8 Å². The quantitative estimate of drug-likeness (QED) is 0.863. The van der Waals surface area contributed by atoms with Crippen LogP contribution in [0.4, 0.5) is 0 Å². The number of halogens is 1. The van der Waals surface area contributed by atoms with Crippen molar-refractivity contribution in [1.29, 1.82) is 0 Å². The molecule has 0 saturated carbocycles. The minimum atomic E-state index is -1.16. The first-order valence-electron chi connectivity index (χ1n) is 4.43. The fourth-order valence-corrected chi connectivity index (χ4v) is 2.37. The molecule has 2 aromatic heterocycles. The maximum Gasteiger partial charge on any atom is 0.347 e. The van der Waals surface area contributed by atoms with E-state index in [0.717, 1.165) is 11.3 Å². The molecule has 0 saturated heterocycles. The molecule has 0 atom stereocenters. The van der Waals surface area contributed by atoms with Gasteiger partial charge in [0.1, 0.15) is 4.88 Å². The predicted octanol–water partition coefficient (Wildman–Crippen LogP) is 2.12. The SMILES string of the molecule is O=C(c1ncccn1)c1csc(C(=O)O)c1Cl. The highest BCUT2D eigenvalue weighted by Crippen LogP contribution is 2.29. The van der Waals surface area contributed by atoms with Crippen LogP contribution in [0.15, 0.2) is 23.8 Å². The molecule has 0 radical (unpaired) electrons. The normalized spacial score (nSPS) is 10.2. The molecule has 2 rings (SSSR count). The van der Waals surface area contributed by atoms with E-state index in [0.29, 0.717) is 0 Å². The zero-order valence-electron chi connectivity index (χ0n) is 8.25. The van der Waals surface area contributed by atoms with Crippen LogP contribution in [0.3, 0.4) is 0 Å². The Morgan fingerprint density at radius 3 is 2.47 bits per heavy atom. The summed E-state index contributed by atoms with van der Waals surface area (Å²) in [5.74, 6) is -1.66. The summed E-state index contributed by atoms with van der Waals surface area (Å²) in [4.78, 5) is 30.2. The Morgan fingerprint density at radius 1 is 1.29 bits per heavy atom. The monoisotopic (exact) mass is 268 g/mol. The lowest BCUT2D eigenvalue weighted by atomic mass is 10.2. The van der Waals surface area contributed by atoms with E-state index in [-0.39, 0.29) is 21.3 Å². The molecule has 0 aromatic carbocycles. The molecule has 0 aliphatic heterocycles. The van der Waals surface area contributed by atoms with Gasteiger partial charge >= 0.3 is 5.97 Å². The molecule has 7 heteroatoms. The van der Waals surface area contributed by atoms with Gasteiger partial charge in [-0.1, -0.05) is 11.6 Å². The van der Waals surface area contributed by atoms with Crippen molar-refractivity contribution in [1.82, 2.24) is 9.97 Å². The van der Waals surface area contributed by atoms with E-state index in [1.807, 2.05) is 0 Å². The number of rotatable bonds is 3. The van der Waals surface area contributed by atoms with E-state index >= 15 is 0 Å². The lowest BCUT2D eigenvalue weighted by Crippen LogP contribution is -2.06. The smallest absolute Gasteiger partial charge is 0.347 e. The van der Waals surface area contributed by atoms with Gasteiger partial charge in [-0.3, -0.25) is 4.79 Å². The van der Waals surface area contributed by atoms with Gasteiger partial charge in [0.2, 0.25) is 11.6 Å². The molecule has 0 spiro atoms. The molecule has 17 heavy (non-hydrogen) atoms. The van der Waals surface area contributed by atoms with Crippen LogP contribution in [-0.2, 0) is 0 Å². The minimum Gasteiger partial charge on any atom is -0.477 e. The summed E-state index contributed by atoms with van der Waals surface area (Å²) in [5, 5.41) is 10.1. The predicted molar refractivity (Wildman–Crippen MR) is 61.8 cm³/mol. The highest BCUT2D eigenvalue weighted by Gasteiger charge is 2.22. The van der Waals surface area contributed by atoms with Crippen molar-refractivity contribution in [3.8, 4) is 0 Å². The van der Waals surface area contributed by atoms with Gasteiger partial charge in [0.25, 0.3) is 0 Å². The number of hydrogen-bond acceptors (Lipinski definition) is 5. The number of carboxylic acids is 1. The number of carbonyl (C=O) groups is 2. The number of aromatic carboxylic acids is 1. The second-order valence-electron chi connectivity index (χ2n) is 3.00. The Labute approximate surface area is 105 Å². The average molecular weight is 269 g/mol. The fourth-order valence-electron chi connectivity index (χ4n) is 1.18. The minimum absolute atomic E-state index is 0.0101. The van der Waals surface area contributed by atoms with Crippen molar-refractivity contribution in [2.75, 3.05) is 0 Å². The average Bonchev–Trinajstić information content (AvgIpc) is 2.71. The summed E-state index contributed by atoms with van der Waals surface area (Å²) in [6.45, 7) is 0. The van der Waals surface area contributed by atoms with E-state index in [4.69, 9.17) is 16.7 Å². The van der Waals surface area contributed by atoms with E-state index < -0.39 is 11.8 Å². The molecule has 0 bridgehead atoms. The lowest BCUT2D eigenvalue weighted by molar-refractivity contribution is 0.0702. The zero-order valence-corrected chi connectivity index (χ0v) is 9.83. The third-order valence-corrected chi connectivity index (χ3v) is 3.41. The number of nitrogens with zero attached hydrogens (tertiary/aromatic N) is 2. The van der Waals surface area contributed by atoms with Gasteiger partial charge < -0.3 is 5.11 Å². The number of hydrogen-bond donors (Lipinski definition) is 1. The molecule has 0 amide bonds. The number of thiophene rings is 1. The molecular weight excluding hydrogens is 264 g/mol. The van der Waals surface area contributed by atoms with Crippen LogP contribution in [0.2, 0.25) is 5.02 Å². The highest BCUT2D eigenvalue weighted by atomic mass is 35.5.